The Morgan fingerprint density at radius 1 is 1.32 bits per heavy atom. The van der Waals surface area contributed by atoms with E-state index in [1.165, 1.54) is 18.4 Å². The van der Waals surface area contributed by atoms with Crippen LogP contribution in [0.5, 0.6) is 0 Å². The molecule has 2 aliphatic heterocycles. The molecular weight excluding hydrogens is 340 g/mol. The maximum Gasteiger partial charge on any atom is 0.426 e. The van der Waals surface area contributed by atoms with Crippen molar-refractivity contribution in [3.05, 3.63) is 53.5 Å². The van der Waals surface area contributed by atoms with E-state index in [0.717, 1.165) is 18.2 Å². The number of amidine groups is 1. The molecule has 0 aliphatic carbocycles. The Kier molecular flexibility index (Phi) is 4.20. The van der Waals surface area contributed by atoms with Crippen molar-refractivity contribution in [1.29, 1.82) is 0 Å². The molecule has 2 heterocycles. The molecule has 0 fully saturated rings. The SMILES string of the molecule is CC(C)CO[C@]1(C(F)(F)F)C2=CC=CN(O)C2=Nc2ccc(F)cc21. The molecule has 0 amide bonds. The number of fused-ring (bicyclic) bond motifs is 2. The number of aliphatic imine (C=N–C) groups is 1. The Labute approximate surface area is 141 Å². The number of ether oxygens (including phenoxy) is 1. The first kappa shape index (κ1) is 17.6. The van der Waals surface area contributed by atoms with E-state index < -0.39 is 23.2 Å². The number of allylic oxidation sites excluding steroid dienone is 2. The van der Waals surface area contributed by atoms with Gasteiger partial charge in [0.1, 0.15) is 5.82 Å². The summed E-state index contributed by atoms with van der Waals surface area (Å²) in [6, 6.07) is 2.94. The minimum absolute atomic E-state index is 0.107. The number of benzene rings is 1. The highest BCUT2D eigenvalue weighted by atomic mass is 19.4. The lowest BCUT2D eigenvalue weighted by atomic mass is 9.80. The van der Waals surface area contributed by atoms with Crippen molar-refractivity contribution in [2.75, 3.05) is 6.61 Å². The lowest BCUT2D eigenvalue weighted by Crippen LogP contribution is -2.52. The Morgan fingerprint density at radius 2 is 2.04 bits per heavy atom. The van der Waals surface area contributed by atoms with E-state index in [0.29, 0.717) is 5.06 Å². The van der Waals surface area contributed by atoms with Crippen molar-refractivity contribution in [2.24, 2.45) is 10.9 Å². The van der Waals surface area contributed by atoms with Crippen LogP contribution in [0.1, 0.15) is 19.4 Å². The van der Waals surface area contributed by atoms with E-state index in [-0.39, 0.29) is 29.6 Å². The van der Waals surface area contributed by atoms with Crippen LogP contribution in [0.15, 0.2) is 47.1 Å². The van der Waals surface area contributed by atoms with Gasteiger partial charge in [0.25, 0.3) is 0 Å². The van der Waals surface area contributed by atoms with E-state index in [2.05, 4.69) is 4.99 Å². The quantitative estimate of drug-likeness (QED) is 0.814. The highest BCUT2D eigenvalue weighted by molar-refractivity contribution is 6.05. The molecule has 25 heavy (non-hydrogen) atoms. The van der Waals surface area contributed by atoms with Gasteiger partial charge in [-0.05, 0) is 30.2 Å². The minimum Gasteiger partial charge on any atom is -0.356 e. The standard InChI is InChI=1S/C17H16F4N2O2/c1-10(2)9-25-16(17(19,20)21)12-4-3-7-23(24)15(12)22-14-6-5-11(18)8-13(14)16/h3-8,10,24H,9H2,1-2H3/t16-/m1/s1. The average Bonchev–Trinajstić information content (AvgIpc) is 2.51. The molecule has 3 rings (SSSR count). The molecule has 1 N–H and O–H groups in total. The number of hydrogen-bond acceptors (Lipinski definition) is 4. The van der Waals surface area contributed by atoms with Crippen LogP contribution in [0.3, 0.4) is 0 Å². The third kappa shape index (κ3) is 2.75. The van der Waals surface area contributed by atoms with Crippen LogP contribution in [0.25, 0.3) is 0 Å². The van der Waals surface area contributed by atoms with Gasteiger partial charge in [-0.2, -0.15) is 13.2 Å². The van der Waals surface area contributed by atoms with Gasteiger partial charge in [0.2, 0.25) is 5.60 Å². The molecule has 4 nitrogen and oxygen atoms in total. The molecule has 0 aromatic heterocycles. The summed E-state index contributed by atoms with van der Waals surface area (Å²) >= 11 is 0. The summed E-state index contributed by atoms with van der Waals surface area (Å²) in [5, 5.41) is 10.4. The summed E-state index contributed by atoms with van der Waals surface area (Å²) in [6.45, 7) is 3.21. The van der Waals surface area contributed by atoms with E-state index in [1.807, 2.05) is 0 Å². The molecule has 1 aromatic carbocycles. The number of nitrogens with zero attached hydrogens (tertiary/aromatic N) is 2. The molecule has 1 aromatic rings. The first-order valence-electron chi connectivity index (χ1n) is 7.63. The number of hydrogen-bond donors (Lipinski definition) is 1. The molecule has 1 atom stereocenters. The van der Waals surface area contributed by atoms with Crippen LogP contribution in [-0.4, -0.2) is 28.9 Å². The van der Waals surface area contributed by atoms with Crippen molar-refractivity contribution >= 4 is 11.5 Å². The predicted molar refractivity (Wildman–Crippen MR) is 82.9 cm³/mol. The van der Waals surface area contributed by atoms with E-state index in [4.69, 9.17) is 4.74 Å². The Bertz CT molecular complexity index is 783. The normalized spacial score (nSPS) is 22.5. The van der Waals surface area contributed by atoms with E-state index in [1.54, 1.807) is 13.8 Å². The second-order valence-corrected chi connectivity index (χ2v) is 6.25. The largest absolute Gasteiger partial charge is 0.426 e. The first-order chi connectivity index (χ1) is 11.7. The third-order valence-electron chi connectivity index (χ3n) is 3.92. The van der Waals surface area contributed by atoms with Crippen LogP contribution < -0.4 is 0 Å². The summed E-state index contributed by atoms with van der Waals surface area (Å²) in [5.74, 6) is -1.32. The average molecular weight is 356 g/mol. The predicted octanol–water partition coefficient (Wildman–Crippen LogP) is 4.44. The second kappa shape index (κ2) is 5.96. The van der Waals surface area contributed by atoms with Gasteiger partial charge in [0, 0.05) is 17.3 Å². The summed E-state index contributed by atoms with van der Waals surface area (Å²) in [4.78, 5) is 4.05. The van der Waals surface area contributed by atoms with Crippen LogP contribution >= 0.6 is 0 Å². The monoisotopic (exact) mass is 356 g/mol. The van der Waals surface area contributed by atoms with Crippen molar-refractivity contribution in [3.63, 3.8) is 0 Å². The van der Waals surface area contributed by atoms with Crippen molar-refractivity contribution in [1.82, 2.24) is 5.06 Å². The summed E-state index contributed by atoms with van der Waals surface area (Å²) in [7, 11) is 0. The minimum atomic E-state index is -4.90. The molecule has 0 spiro atoms. The molecule has 134 valence electrons. The van der Waals surface area contributed by atoms with E-state index in [9.17, 15) is 22.8 Å². The molecule has 0 saturated carbocycles. The topological polar surface area (TPSA) is 45.1 Å². The zero-order valence-corrected chi connectivity index (χ0v) is 13.5. The Balaban J connectivity index is 2.32. The van der Waals surface area contributed by atoms with Gasteiger partial charge in [-0.1, -0.05) is 19.9 Å². The van der Waals surface area contributed by atoms with Gasteiger partial charge in [0.15, 0.2) is 5.84 Å². The van der Waals surface area contributed by atoms with Gasteiger partial charge in [0.05, 0.1) is 12.3 Å². The highest BCUT2D eigenvalue weighted by Crippen LogP contribution is 2.54. The zero-order chi connectivity index (χ0) is 18.4. The third-order valence-corrected chi connectivity index (χ3v) is 3.92. The maximum atomic E-state index is 14.3. The molecule has 0 unspecified atom stereocenters. The van der Waals surface area contributed by atoms with Crippen LogP contribution in [-0.2, 0) is 10.3 Å². The number of halogens is 4. The zero-order valence-electron chi connectivity index (χ0n) is 13.5. The second-order valence-electron chi connectivity index (χ2n) is 6.25. The molecule has 0 radical (unpaired) electrons. The summed E-state index contributed by atoms with van der Waals surface area (Å²) in [5.41, 5.74) is -3.84. The van der Waals surface area contributed by atoms with Gasteiger partial charge < -0.3 is 4.74 Å². The number of rotatable bonds is 3. The van der Waals surface area contributed by atoms with Gasteiger partial charge >= 0.3 is 6.18 Å². The molecule has 0 bridgehead atoms. The Morgan fingerprint density at radius 3 is 2.68 bits per heavy atom. The van der Waals surface area contributed by atoms with Gasteiger partial charge in [-0.25, -0.2) is 14.4 Å². The van der Waals surface area contributed by atoms with Crippen LogP contribution in [0.4, 0.5) is 23.2 Å². The molecule has 8 heteroatoms. The molecule has 2 aliphatic rings. The number of alkyl halides is 3. The fourth-order valence-electron chi connectivity index (χ4n) is 2.86. The fraction of sp³-hybridized carbons (Fsp3) is 0.353. The van der Waals surface area contributed by atoms with Crippen molar-refractivity contribution < 1.29 is 27.5 Å². The van der Waals surface area contributed by atoms with Crippen molar-refractivity contribution in [2.45, 2.75) is 25.6 Å². The van der Waals surface area contributed by atoms with Gasteiger partial charge in [-0.3, -0.25) is 5.21 Å². The van der Waals surface area contributed by atoms with Gasteiger partial charge in [-0.15, -0.1) is 0 Å². The van der Waals surface area contributed by atoms with Crippen molar-refractivity contribution in [3.8, 4) is 0 Å². The molecule has 0 saturated heterocycles. The summed E-state index contributed by atoms with van der Waals surface area (Å²) in [6.07, 6.45) is -1.31. The van der Waals surface area contributed by atoms with E-state index >= 15 is 0 Å². The fourth-order valence-corrected chi connectivity index (χ4v) is 2.86. The smallest absolute Gasteiger partial charge is 0.356 e. The lowest BCUT2D eigenvalue weighted by Gasteiger charge is -2.43. The maximum absolute atomic E-state index is 14.3. The van der Waals surface area contributed by atoms with Crippen LogP contribution in [0, 0.1) is 11.7 Å². The van der Waals surface area contributed by atoms with Crippen LogP contribution in [0.2, 0.25) is 0 Å². The Hall–Kier alpha value is -2.19. The first-order valence-corrected chi connectivity index (χ1v) is 7.63. The molecular formula is C17H16F4N2O2. The highest BCUT2D eigenvalue weighted by Gasteiger charge is 2.63. The lowest BCUT2D eigenvalue weighted by molar-refractivity contribution is -0.269. The number of hydroxylamine groups is 2. The summed E-state index contributed by atoms with van der Waals surface area (Å²) < 4.78 is 62.0.